The first kappa shape index (κ1) is 6.78. The second kappa shape index (κ2) is 2.50. The summed E-state index contributed by atoms with van der Waals surface area (Å²) in [5.41, 5.74) is 0. The molecule has 0 bridgehead atoms. The lowest BCUT2D eigenvalue weighted by Crippen LogP contribution is -2.22. The zero-order valence-corrected chi connectivity index (χ0v) is 6.63. The van der Waals surface area contributed by atoms with Crippen molar-refractivity contribution in [2.24, 2.45) is 0 Å². The molecule has 1 saturated heterocycles. The number of aliphatic hydroxyl groups is 1. The van der Waals surface area contributed by atoms with Gasteiger partial charge in [0.25, 0.3) is 0 Å². The van der Waals surface area contributed by atoms with Gasteiger partial charge in [-0.25, -0.2) is 0 Å². The van der Waals surface area contributed by atoms with Gasteiger partial charge < -0.3 is 5.11 Å². The van der Waals surface area contributed by atoms with Crippen LogP contribution in [0.3, 0.4) is 0 Å². The highest BCUT2D eigenvalue weighted by Gasteiger charge is 2.29. The Kier molecular flexibility index (Phi) is 2.12. The van der Waals surface area contributed by atoms with Crippen LogP contribution in [0.15, 0.2) is 0 Å². The zero-order chi connectivity index (χ0) is 6.15. The summed E-state index contributed by atoms with van der Waals surface area (Å²) in [5.74, 6) is 0. The van der Waals surface area contributed by atoms with E-state index in [0.717, 1.165) is 0 Å². The minimum atomic E-state index is -0.0926. The molecule has 0 saturated carbocycles. The molecule has 48 valence electrons. The maximum Gasteiger partial charge on any atom is 0.0788 e. The highest BCUT2D eigenvalue weighted by Crippen LogP contribution is 2.42. The molecular weight excluding hydrogens is 140 g/mol. The van der Waals surface area contributed by atoms with Crippen molar-refractivity contribution in [3.05, 3.63) is 0 Å². The van der Waals surface area contributed by atoms with Crippen LogP contribution in [0.5, 0.6) is 0 Å². The van der Waals surface area contributed by atoms with Crippen molar-refractivity contribution in [2.45, 2.75) is 30.5 Å². The van der Waals surface area contributed by atoms with Crippen LogP contribution in [0, 0.1) is 0 Å². The van der Waals surface area contributed by atoms with E-state index < -0.39 is 0 Å². The van der Waals surface area contributed by atoms with Crippen molar-refractivity contribution in [1.29, 1.82) is 0 Å². The van der Waals surface area contributed by atoms with Crippen LogP contribution in [-0.2, 0) is 0 Å². The number of aliphatic hydroxyl groups excluding tert-OH is 1. The van der Waals surface area contributed by atoms with E-state index in [-0.39, 0.29) is 6.10 Å². The Morgan fingerprint density at radius 2 is 1.50 bits per heavy atom. The normalized spacial score (nSPS) is 47.6. The standard InChI is InChI=1S/C5H10OS2/c1-3-5(6)4(2)8-7-3/h3-6H,1-2H3. The molecule has 1 rings (SSSR count). The molecule has 0 radical (unpaired) electrons. The summed E-state index contributed by atoms with van der Waals surface area (Å²) in [6.45, 7) is 4.12. The van der Waals surface area contributed by atoms with E-state index >= 15 is 0 Å². The minimum absolute atomic E-state index is 0.0926. The molecule has 0 aliphatic carbocycles. The first-order chi connectivity index (χ1) is 3.72. The molecule has 8 heavy (non-hydrogen) atoms. The maximum absolute atomic E-state index is 9.22. The Hall–Kier alpha value is 0.660. The summed E-state index contributed by atoms with van der Waals surface area (Å²) < 4.78 is 0. The molecule has 0 amide bonds. The van der Waals surface area contributed by atoms with Crippen LogP contribution in [-0.4, -0.2) is 21.7 Å². The molecule has 0 aromatic heterocycles. The topological polar surface area (TPSA) is 20.2 Å². The van der Waals surface area contributed by atoms with E-state index in [0.29, 0.717) is 10.5 Å². The summed E-state index contributed by atoms with van der Waals surface area (Å²) in [6, 6.07) is 0. The summed E-state index contributed by atoms with van der Waals surface area (Å²) in [7, 11) is 3.56. The van der Waals surface area contributed by atoms with Gasteiger partial charge in [-0.3, -0.25) is 0 Å². The average Bonchev–Trinajstić information content (AvgIpc) is 1.98. The largest absolute Gasteiger partial charge is 0.391 e. The van der Waals surface area contributed by atoms with E-state index in [4.69, 9.17) is 0 Å². The van der Waals surface area contributed by atoms with E-state index in [1.807, 2.05) is 0 Å². The molecule has 1 nitrogen and oxygen atoms in total. The lowest BCUT2D eigenvalue weighted by atomic mass is 10.2. The monoisotopic (exact) mass is 150 g/mol. The molecule has 2 atom stereocenters. The second-order valence-electron chi connectivity index (χ2n) is 2.09. The predicted octanol–water partition coefficient (Wildman–Crippen LogP) is 1.52. The third kappa shape index (κ3) is 1.14. The fourth-order valence-electron chi connectivity index (χ4n) is 0.671. The van der Waals surface area contributed by atoms with Crippen molar-refractivity contribution < 1.29 is 5.11 Å². The summed E-state index contributed by atoms with van der Waals surface area (Å²) >= 11 is 0. The number of hydrogen-bond donors (Lipinski definition) is 1. The van der Waals surface area contributed by atoms with Crippen LogP contribution in [0.4, 0.5) is 0 Å². The highest BCUT2D eigenvalue weighted by molar-refractivity contribution is 8.77. The SMILES string of the molecule is CC1SSC(C)C1O. The number of hydrogen-bond acceptors (Lipinski definition) is 3. The lowest BCUT2D eigenvalue weighted by Gasteiger charge is -2.07. The Morgan fingerprint density at radius 1 is 1.12 bits per heavy atom. The predicted molar refractivity (Wildman–Crippen MR) is 40.1 cm³/mol. The minimum Gasteiger partial charge on any atom is -0.391 e. The summed E-state index contributed by atoms with van der Waals surface area (Å²) in [5, 5.41) is 10.1. The maximum atomic E-state index is 9.22. The molecule has 1 aliphatic rings. The highest BCUT2D eigenvalue weighted by atomic mass is 33.1. The fraction of sp³-hybridized carbons (Fsp3) is 1.00. The molecule has 3 heteroatoms. The van der Waals surface area contributed by atoms with Crippen molar-refractivity contribution >= 4 is 21.6 Å². The van der Waals surface area contributed by atoms with Gasteiger partial charge in [0.1, 0.15) is 0 Å². The van der Waals surface area contributed by atoms with Gasteiger partial charge in [0.15, 0.2) is 0 Å². The Labute approximate surface area is 57.6 Å². The van der Waals surface area contributed by atoms with Gasteiger partial charge in [-0.05, 0) is 13.8 Å². The van der Waals surface area contributed by atoms with Crippen molar-refractivity contribution in [3.63, 3.8) is 0 Å². The number of rotatable bonds is 0. The Bertz CT molecular complexity index is 76.5. The van der Waals surface area contributed by atoms with Crippen molar-refractivity contribution in [3.8, 4) is 0 Å². The molecule has 1 fully saturated rings. The second-order valence-corrected chi connectivity index (χ2v) is 5.12. The first-order valence-electron chi connectivity index (χ1n) is 2.72. The van der Waals surface area contributed by atoms with Gasteiger partial charge in [0, 0.05) is 10.5 Å². The quantitative estimate of drug-likeness (QED) is 0.529. The molecule has 0 spiro atoms. The average molecular weight is 150 g/mol. The third-order valence-electron chi connectivity index (χ3n) is 1.32. The van der Waals surface area contributed by atoms with Crippen LogP contribution in [0.2, 0.25) is 0 Å². The molecule has 1 aliphatic heterocycles. The van der Waals surface area contributed by atoms with Gasteiger partial charge in [0.2, 0.25) is 0 Å². The Balaban J connectivity index is 2.44. The van der Waals surface area contributed by atoms with Crippen LogP contribution in [0.25, 0.3) is 0 Å². The van der Waals surface area contributed by atoms with Crippen molar-refractivity contribution in [1.82, 2.24) is 0 Å². The zero-order valence-electron chi connectivity index (χ0n) is 5.00. The van der Waals surface area contributed by atoms with Gasteiger partial charge in [0.05, 0.1) is 6.10 Å². The van der Waals surface area contributed by atoms with Crippen molar-refractivity contribution in [2.75, 3.05) is 0 Å². The lowest BCUT2D eigenvalue weighted by molar-refractivity contribution is 0.180. The van der Waals surface area contributed by atoms with Crippen LogP contribution >= 0.6 is 21.6 Å². The molecule has 0 aromatic rings. The molecule has 2 unspecified atom stereocenters. The third-order valence-corrected chi connectivity index (χ3v) is 4.75. The van der Waals surface area contributed by atoms with E-state index in [1.165, 1.54) is 0 Å². The van der Waals surface area contributed by atoms with Gasteiger partial charge >= 0.3 is 0 Å². The smallest absolute Gasteiger partial charge is 0.0788 e. The fourth-order valence-corrected chi connectivity index (χ4v) is 3.55. The van der Waals surface area contributed by atoms with Crippen LogP contribution < -0.4 is 0 Å². The van der Waals surface area contributed by atoms with Gasteiger partial charge in [-0.1, -0.05) is 21.6 Å². The van der Waals surface area contributed by atoms with E-state index in [1.54, 1.807) is 21.6 Å². The molecule has 1 N–H and O–H groups in total. The first-order valence-corrected chi connectivity index (χ1v) is 4.99. The van der Waals surface area contributed by atoms with Gasteiger partial charge in [-0.2, -0.15) is 0 Å². The molecular formula is C5H10OS2. The molecule has 0 aromatic carbocycles. The molecule has 1 heterocycles. The van der Waals surface area contributed by atoms with Crippen LogP contribution in [0.1, 0.15) is 13.8 Å². The van der Waals surface area contributed by atoms with E-state index in [9.17, 15) is 5.11 Å². The Morgan fingerprint density at radius 3 is 1.62 bits per heavy atom. The van der Waals surface area contributed by atoms with Gasteiger partial charge in [-0.15, -0.1) is 0 Å². The summed E-state index contributed by atoms with van der Waals surface area (Å²) in [4.78, 5) is 0. The van der Waals surface area contributed by atoms with E-state index in [2.05, 4.69) is 13.8 Å². The summed E-state index contributed by atoms with van der Waals surface area (Å²) in [6.07, 6.45) is -0.0926.